The van der Waals surface area contributed by atoms with Gasteiger partial charge in [-0.1, -0.05) is 17.7 Å². The zero-order valence-corrected chi connectivity index (χ0v) is 18.6. The Bertz CT molecular complexity index is 1300. The van der Waals surface area contributed by atoms with Crippen LogP contribution in [0.15, 0.2) is 54.9 Å². The first-order valence-electron chi connectivity index (χ1n) is 10.4. The molecule has 182 valence electrons. The van der Waals surface area contributed by atoms with E-state index in [0.717, 1.165) is 17.0 Å². The fourth-order valence-electron chi connectivity index (χ4n) is 4.38. The summed E-state index contributed by atoms with van der Waals surface area (Å²) >= 11 is 6.05. The van der Waals surface area contributed by atoms with Gasteiger partial charge in [0.05, 0.1) is 17.2 Å². The van der Waals surface area contributed by atoms with Gasteiger partial charge in [-0.2, -0.15) is 13.2 Å². The minimum Gasteiger partial charge on any atom is -0.507 e. The first-order chi connectivity index (χ1) is 16.5. The Labute approximate surface area is 201 Å². The third kappa shape index (κ3) is 4.66. The van der Waals surface area contributed by atoms with Gasteiger partial charge in [-0.15, -0.1) is 0 Å². The highest BCUT2D eigenvalue weighted by Gasteiger charge is 2.41. The first-order valence-corrected chi connectivity index (χ1v) is 10.8. The average Bonchev–Trinajstić information content (AvgIpc) is 3.20. The molecule has 0 aliphatic heterocycles. The second-order valence-corrected chi connectivity index (χ2v) is 8.48. The number of fused-ring (bicyclic) bond motifs is 1. The summed E-state index contributed by atoms with van der Waals surface area (Å²) in [4.78, 5) is 31.4. The number of aromatic hydroxyl groups is 1. The molecule has 2 atom stereocenters. The number of hydrogen-bond donors (Lipinski definition) is 2. The summed E-state index contributed by atoms with van der Waals surface area (Å²) in [5.41, 5.74) is 4.91. The molecule has 0 saturated heterocycles. The number of carbonyl (C=O) groups is 2. The lowest BCUT2D eigenvalue weighted by Crippen LogP contribution is -2.43. The number of nitrogens with two attached hydrogens (primary N) is 1. The van der Waals surface area contributed by atoms with Gasteiger partial charge in [0.25, 0.3) is 5.91 Å². The summed E-state index contributed by atoms with van der Waals surface area (Å²) in [5, 5.41) is 10.4. The third-order valence-corrected chi connectivity index (χ3v) is 6.11. The topological polar surface area (TPSA) is 96.5 Å². The van der Waals surface area contributed by atoms with Crippen molar-refractivity contribution in [1.82, 2.24) is 9.88 Å². The van der Waals surface area contributed by atoms with Gasteiger partial charge in [-0.25, -0.2) is 4.39 Å². The van der Waals surface area contributed by atoms with Crippen LogP contribution in [0.25, 0.3) is 0 Å². The van der Waals surface area contributed by atoms with E-state index in [1.807, 2.05) is 0 Å². The molecule has 3 N–H and O–H groups in total. The largest absolute Gasteiger partial charge is 0.507 e. The molecule has 0 radical (unpaired) electrons. The standard InChI is InChI=1S/C24H18ClF4N3O3/c25-14-9-17-15(18(26)10-14)5-6-19(17)32(21(22(30)34)12-2-1-7-31-11-12)23(35)16-4-3-13(8-20(16)33)24(27,28)29/h1-4,7-11,19,21,33H,5-6H2,(H2,30,34)/t19-,21-/m1/s1. The molecule has 11 heteroatoms. The van der Waals surface area contributed by atoms with Gasteiger partial charge < -0.3 is 15.7 Å². The number of carbonyl (C=O) groups excluding carboxylic acids is 2. The molecule has 4 rings (SSSR count). The number of rotatable bonds is 5. The maximum Gasteiger partial charge on any atom is 0.416 e. The number of pyridine rings is 1. The first kappa shape index (κ1) is 24.5. The summed E-state index contributed by atoms with van der Waals surface area (Å²) in [5.74, 6) is -3.44. The second kappa shape index (κ2) is 9.18. The van der Waals surface area contributed by atoms with Crippen LogP contribution in [0.3, 0.4) is 0 Å². The van der Waals surface area contributed by atoms with E-state index in [1.54, 1.807) is 0 Å². The molecular formula is C24H18ClF4N3O3. The number of halogens is 5. The van der Waals surface area contributed by atoms with Crippen molar-refractivity contribution in [2.45, 2.75) is 31.1 Å². The van der Waals surface area contributed by atoms with E-state index in [4.69, 9.17) is 17.3 Å². The van der Waals surface area contributed by atoms with Crippen LogP contribution in [0.5, 0.6) is 5.75 Å². The van der Waals surface area contributed by atoms with Crippen molar-refractivity contribution >= 4 is 23.4 Å². The van der Waals surface area contributed by atoms with E-state index in [1.165, 1.54) is 30.6 Å². The number of alkyl halides is 3. The molecule has 35 heavy (non-hydrogen) atoms. The third-order valence-electron chi connectivity index (χ3n) is 5.90. The molecule has 0 bridgehead atoms. The van der Waals surface area contributed by atoms with Crippen LogP contribution in [0.1, 0.15) is 51.1 Å². The molecule has 6 nitrogen and oxygen atoms in total. The maximum absolute atomic E-state index is 14.6. The highest BCUT2D eigenvalue weighted by Crippen LogP contribution is 2.44. The van der Waals surface area contributed by atoms with E-state index in [9.17, 15) is 32.3 Å². The highest BCUT2D eigenvalue weighted by atomic mass is 35.5. The van der Waals surface area contributed by atoms with E-state index in [2.05, 4.69) is 4.98 Å². The number of nitrogens with zero attached hydrogens (tertiary/aromatic N) is 2. The molecular weight excluding hydrogens is 490 g/mol. The minimum atomic E-state index is -4.75. The lowest BCUT2D eigenvalue weighted by atomic mass is 9.98. The van der Waals surface area contributed by atoms with Crippen molar-refractivity contribution in [3.63, 3.8) is 0 Å². The Morgan fingerprint density at radius 1 is 1.20 bits per heavy atom. The predicted octanol–water partition coefficient (Wildman–Crippen LogP) is 4.95. The Morgan fingerprint density at radius 2 is 1.94 bits per heavy atom. The molecule has 2 aromatic carbocycles. The summed E-state index contributed by atoms with van der Waals surface area (Å²) in [6.45, 7) is 0. The van der Waals surface area contributed by atoms with E-state index in [-0.39, 0.29) is 23.4 Å². The van der Waals surface area contributed by atoms with Crippen LogP contribution in [-0.4, -0.2) is 26.8 Å². The van der Waals surface area contributed by atoms with E-state index < -0.39 is 52.8 Å². The molecule has 1 aliphatic rings. The summed E-state index contributed by atoms with van der Waals surface area (Å²) < 4.78 is 53.8. The van der Waals surface area contributed by atoms with Gasteiger partial charge in [0.15, 0.2) is 0 Å². The van der Waals surface area contributed by atoms with Crippen LogP contribution >= 0.6 is 11.6 Å². The maximum atomic E-state index is 14.6. The number of benzene rings is 2. The zero-order chi connectivity index (χ0) is 25.5. The number of phenolic OH excluding ortho intramolecular Hbond substituents is 1. The summed E-state index contributed by atoms with van der Waals surface area (Å²) in [7, 11) is 0. The van der Waals surface area contributed by atoms with Crippen LogP contribution in [0.4, 0.5) is 17.6 Å². The number of primary amides is 1. The minimum absolute atomic E-state index is 0.0647. The van der Waals surface area contributed by atoms with E-state index in [0.29, 0.717) is 23.3 Å². The fraction of sp³-hybridized carbons (Fsp3) is 0.208. The summed E-state index contributed by atoms with van der Waals surface area (Å²) in [6.07, 6.45) is -1.59. The highest BCUT2D eigenvalue weighted by molar-refractivity contribution is 6.30. The number of amides is 2. The van der Waals surface area contributed by atoms with Crippen molar-refractivity contribution < 1.29 is 32.3 Å². The average molecular weight is 508 g/mol. The van der Waals surface area contributed by atoms with Crippen molar-refractivity contribution in [2.24, 2.45) is 5.73 Å². The monoisotopic (exact) mass is 507 g/mol. The van der Waals surface area contributed by atoms with E-state index >= 15 is 0 Å². The fourth-order valence-corrected chi connectivity index (χ4v) is 4.59. The molecule has 1 heterocycles. The van der Waals surface area contributed by atoms with Gasteiger partial charge in [0.1, 0.15) is 17.6 Å². The molecule has 1 aromatic heterocycles. The van der Waals surface area contributed by atoms with Crippen LogP contribution in [0, 0.1) is 5.82 Å². The molecule has 3 aromatic rings. The molecule has 0 fully saturated rings. The van der Waals surface area contributed by atoms with Gasteiger partial charge >= 0.3 is 6.18 Å². The second-order valence-electron chi connectivity index (χ2n) is 8.04. The number of hydrogen-bond acceptors (Lipinski definition) is 4. The van der Waals surface area contributed by atoms with Crippen molar-refractivity contribution in [2.75, 3.05) is 0 Å². The Kier molecular flexibility index (Phi) is 6.42. The lowest BCUT2D eigenvalue weighted by molar-refractivity contribution is -0.137. The predicted molar refractivity (Wildman–Crippen MR) is 118 cm³/mol. The van der Waals surface area contributed by atoms with Crippen LogP contribution in [-0.2, 0) is 17.4 Å². The normalized spacial score (nSPS) is 16.0. The SMILES string of the molecule is NC(=O)[C@@H](c1cccnc1)N(C(=O)c1ccc(C(F)(F)F)cc1O)[C@@H]1CCc2c(F)cc(Cl)cc21. The van der Waals surface area contributed by atoms with Gasteiger partial charge in [0, 0.05) is 23.0 Å². The van der Waals surface area contributed by atoms with Gasteiger partial charge in [-0.05, 0) is 60.4 Å². The molecule has 0 saturated carbocycles. The Balaban J connectivity index is 1.88. The Morgan fingerprint density at radius 3 is 2.54 bits per heavy atom. The quantitative estimate of drug-likeness (QED) is 0.477. The molecule has 0 unspecified atom stereocenters. The zero-order valence-electron chi connectivity index (χ0n) is 17.9. The lowest BCUT2D eigenvalue weighted by Gasteiger charge is -2.36. The molecule has 1 aliphatic carbocycles. The smallest absolute Gasteiger partial charge is 0.416 e. The summed E-state index contributed by atoms with van der Waals surface area (Å²) in [6, 6.07) is 5.17. The van der Waals surface area contributed by atoms with Crippen LogP contribution in [0.2, 0.25) is 5.02 Å². The van der Waals surface area contributed by atoms with Crippen molar-refractivity contribution in [3.8, 4) is 5.75 Å². The van der Waals surface area contributed by atoms with Gasteiger partial charge in [-0.3, -0.25) is 14.6 Å². The number of phenols is 1. The Hall–Kier alpha value is -3.66. The van der Waals surface area contributed by atoms with Gasteiger partial charge in [0.2, 0.25) is 5.91 Å². The van der Waals surface area contributed by atoms with Crippen molar-refractivity contribution in [3.05, 3.63) is 93.5 Å². The molecule has 0 spiro atoms. The number of aromatic nitrogens is 1. The van der Waals surface area contributed by atoms with Crippen molar-refractivity contribution in [1.29, 1.82) is 0 Å². The molecule has 2 amide bonds. The van der Waals surface area contributed by atoms with Crippen LogP contribution < -0.4 is 5.73 Å².